The fraction of sp³-hybridized carbons (Fsp3) is 0.259. The summed E-state index contributed by atoms with van der Waals surface area (Å²) < 4.78 is 5.72. The average molecular weight is 465 g/mol. The van der Waals surface area contributed by atoms with Gasteiger partial charge in [0.1, 0.15) is 11.8 Å². The summed E-state index contributed by atoms with van der Waals surface area (Å²) in [5, 5.41) is 3.51. The van der Waals surface area contributed by atoms with Crippen molar-refractivity contribution < 1.29 is 14.3 Å². The van der Waals surface area contributed by atoms with Crippen LogP contribution in [0.1, 0.15) is 25.0 Å². The lowest BCUT2D eigenvalue weighted by molar-refractivity contribution is -0.143. The van der Waals surface area contributed by atoms with Crippen LogP contribution < -0.4 is 10.1 Å². The standard InChI is InChI=1S/C27H29ClN2O3/c1-20(2)29-27(32)25(17-21-11-5-3-6-12-21)30(18-22-13-9-10-16-24(22)28)26(31)19-33-23-14-7-4-8-15-23/h3-16,20,25H,17-19H2,1-2H3,(H,29,32). The summed E-state index contributed by atoms with van der Waals surface area (Å²) in [6.07, 6.45) is 0.376. The number of benzene rings is 3. The van der Waals surface area contributed by atoms with Gasteiger partial charge in [-0.1, -0.05) is 78.3 Å². The second-order valence-corrected chi connectivity index (χ2v) is 8.49. The molecule has 1 N–H and O–H groups in total. The summed E-state index contributed by atoms with van der Waals surface area (Å²) in [6.45, 7) is 3.81. The first kappa shape index (κ1) is 24.3. The monoisotopic (exact) mass is 464 g/mol. The first-order chi connectivity index (χ1) is 15.9. The van der Waals surface area contributed by atoms with Crippen LogP contribution in [-0.2, 0) is 22.6 Å². The summed E-state index contributed by atoms with van der Waals surface area (Å²) in [5.41, 5.74) is 1.73. The van der Waals surface area contributed by atoms with Gasteiger partial charge in [0.15, 0.2) is 6.61 Å². The van der Waals surface area contributed by atoms with E-state index in [9.17, 15) is 9.59 Å². The molecule has 0 aromatic heterocycles. The highest BCUT2D eigenvalue weighted by molar-refractivity contribution is 6.31. The van der Waals surface area contributed by atoms with E-state index >= 15 is 0 Å². The summed E-state index contributed by atoms with van der Waals surface area (Å²) in [5.74, 6) is 0.0855. The van der Waals surface area contributed by atoms with E-state index in [1.165, 1.54) is 0 Å². The Labute approximate surface area is 200 Å². The van der Waals surface area contributed by atoms with Gasteiger partial charge in [0.05, 0.1) is 0 Å². The lowest BCUT2D eigenvalue weighted by Gasteiger charge is -2.32. The third kappa shape index (κ3) is 7.36. The minimum Gasteiger partial charge on any atom is -0.484 e. The molecular weight excluding hydrogens is 436 g/mol. The van der Waals surface area contributed by atoms with E-state index in [-0.39, 0.29) is 31.0 Å². The number of ether oxygens (including phenoxy) is 1. The molecule has 5 nitrogen and oxygen atoms in total. The van der Waals surface area contributed by atoms with Gasteiger partial charge < -0.3 is 15.0 Å². The van der Waals surface area contributed by atoms with Crippen molar-refractivity contribution in [2.75, 3.05) is 6.61 Å². The average Bonchev–Trinajstić information content (AvgIpc) is 2.81. The molecule has 6 heteroatoms. The molecule has 33 heavy (non-hydrogen) atoms. The molecule has 172 valence electrons. The maximum atomic E-state index is 13.4. The van der Waals surface area contributed by atoms with Crippen molar-refractivity contribution in [3.8, 4) is 5.75 Å². The molecule has 0 aliphatic rings. The van der Waals surface area contributed by atoms with Crippen LogP contribution in [0, 0.1) is 0 Å². The summed E-state index contributed by atoms with van der Waals surface area (Å²) >= 11 is 6.40. The minimum absolute atomic E-state index is 0.0615. The van der Waals surface area contributed by atoms with Crippen LogP contribution in [-0.4, -0.2) is 35.4 Å². The zero-order valence-electron chi connectivity index (χ0n) is 18.9. The number of hydrogen-bond donors (Lipinski definition) is 1. The predicted octanol–water partition coefficient (Wildman–Crippen LogP) is 4.88. The Morgan fingerprint density at radius 3 is 2.15 bits per heavy atom. The fourth-order valence-corrected chi connectivity index (χ4v) is 3.69. The first-order valence-corrected chi connectivity index (χ1v) is 11.4. The van der Waals surface area contributed by atoms with Crippen molar-refractivity contribution in [1.29, 1.82) is 0 Å². The molecule has 0 saturated carbocycles. The third-order valence-electron chi connectivity index (χ3n) is 5.11. The molecule has 3 aromatic carbocycles. The Morgan fingerprint density at radius 2 is 1.52 bits per heavy atom. The highest BCUT2D eigenvalue weighted by Gasteiger charge is 2.31. The van der Waals surface area contributed by atoms with Crippen LogP contribution in [0.4, 0.5) is 0 Å². The Hall–Kier alpha value is -3.31. The van der Waals surface area contributed by atoms with Crippen LogP contribution in [0.3, 0.4) is 0 Å². The highest BCUT2D eigenvalue weighted by Crippen LogP contribution is 2.21. The van der Waals surface area contributed by atoms with E-state index in [1.54, 1.807) is 23.1 Å². The molecule has 2 amide bonds. The number of rotatable bonds is 10. The van der Waals surface area contributed by atoms with Crippen LogP contribution in [0.15, 0.2) is 84.9 Å². The van der Waals surface area contributed by atoms with Gasteiger partial charge >= 0.3 is 0 Å². The zero-order valence-corrected chi connectivity index (χ0v) is 19.7. The van der Waals surface area contributed by atoms with Crippen LogP contribution in [0.5, 0.6) is 5.75 Å². The van der Waals surface area contributed by atoms with Crippen molar-refractivity contribution in [2.24, 2.45) is 0 Å². The Kier molecular flexibility index (Phi) is 8.90. The van der Waals surface area contributed by atoms with Crippen LogP contribution in [0.25, 0.3) is 0 Å². The zero-order chi connectivity index (χ0) is 23.6. The largest absolute Gasteiger partial charge is 0.484 e. The number of nitrogens with one attached hydrogen (secondary N) is 1. The molecule has 1 atom stereocenters. The number of carbonyl (C=O) groups excluding carboxylic acids is 2. The number of hydrogen-bond acceptors (Lipinski definition) is 3. The second kappa shape index (κ2) is 12.1. The molecule has 3 aromatic rings. The smallest absolute Gasteiger partial charge is 0.261 e. The number of halogens is 1. The van der Waals surface area contributed by atoms with E-state index in [0.29, 0.717) is 17.2 Å². The molecule has 0 aliphatic heterocycles. The van der Waals surface area contributed by atoms with Crippen molar-refractivity contribution in [3.63, 3.8) is 0 Å². The van der Waals surface area contributed by atoms with Gasteiger partial charge in [-0.3, -0.25) is 9.59 Å². The molecule has 0 fully saturated rings. The molecule has 0 heterocycles. The van der Waals surface area contributed by atoms with Crippen molar-refractivity contribution in [1.82, 2.24) is 10.2 Å². The van der Waals surface area contributed by atoms with Gasteiger partial charge in [-0.15, -0.1) is 0 Å². The van der Waals surface area contributed by atoms with Crippen molar-refractivity contribution >= 4 is 23.4 Å². The Bertz CT molecular complexity index is 1040. The van der Waals surface area contributed by atoms with Crippen LogP contribution >= 0.6 is 11.6 Å². The van der Waals surface area contributed by atoms with Gasteiger partial charge in [-0.25, -0.2) is 0 Å². The molecular formula is C27H29ClN2O3. The van der Waals surface area contributed by atoms with Gasteiger partial charge in [0.25, 0.3) is 5.91 Å². The SMILES string of the molecule is CC(C)NC(=O)C(Cc1ccccc1)N(Cc1ccccc1Cl)C(=O)COc1ccccc1. The predicted molar refractivity (Wildman–Crippen MR) is 131 cm³/mol. The summed E-state index contributed by atoms with van der Waals surface area (Å²) in [4.78, 5) is 28.3. The highest BCUT2D eigenvalue weighted by atomic mass is 35.5. The van der Waals surface area contributed by atoms with Crippen molar-refractivity contribution in [2.45, 2.75) is 38.9 Å². The Balaban J connectivity index is 1.91. The maximum absolute atomic E-state index is 13.4. The van der Waals surface area contributed by atoms with E-state index in [4.69, 9.17) is 16.3 Å². The molecule has 0 bridgehead atoms. The first-order valence-electron chi connectivity index (χ1n) is 11.0. The molecule has 0 aliphatic carbocycles. The number of nitrogens with zero attached hydrogens (tertiary/aromatic N) is 1. The topological polar surface area (TPSA) is 58.6 Å². The minimum atomic E-state index is -0.724. The van der Waals surface area contributed by atoms with E-state index in [1.807, 2.05) is 80.6 Å². The Morgan fingerprint density at radius 1 is 0.909 bits per heavy atom. The van der Waals surface area contributed by atoms with Crippen LogP contribution in [0.2, 0.25) is 5.02 Å². The normalized spacial score (nSPS) is 11.6. The quantitative estimate of drug-likeness (QED) is 0.465. The van der Waals surface area contributed by atoms with Crippen molar-refractivity contribution in [3.05, 3.63) is 101 Å². The van der Waals surface area contributed by atoms with Gasteiger partial charge in [-0.05, 0) is 43.2 Å². The van der Waals surface area contributed by atoms with E-state index in [2.05, 4.69) is 5.32 Å². The molecule has 0 saturated heterocycles. The lowest BCUT2D eigenvalue weighted by atomic mass is 10.0. The lowest BCUT2D eigenvalue weighted by Crippen LogP contribution is -2.52. The number of carbonyl (C=O) groups is 2. The number of amides is 2. The molecule has 3 rings (SSSR count). The summed E-state index contributed by atoms with van der Waals surface area (Å²) in [6, 6.07) is 25.4. The maximum Gasteiger partial charge on any atom is 0.261 e. The second-order valence-electron chi connectivity index (χ2n) is 8.08. The summed E-state index contributed by atoms with van der Waals surface area (Å²) in [7, 11) is 0. The van der Waals surface area contributed by atoms with E-state index < -0.39 is 6.04 Å². The number of para-hydroxylation sites is 1. The molecule has 1 unspecified atom stereocenters. The molecule has 0 radical (unpaired) electrons. The van der Waals surface area contributed by atoms with Gasteiger partial charge in [-0.2, -0.15) is 0 Å². The van der Waals surface area contributed by atoms with E-state index in [0.717, 1.165) is 11.1 Å². The third-order valence-corrected chi connectivity index (χ3v) is 5.47. The fourth-order valence-electron chi connectivity index (χ4n) is 3.49. The molecule has 0 spiro atoms. The van der Waals surface area contributed by atoms with Gasteiger partial charge in [0.2, 0.25) is 5.91 Å². The van der Waals surface area contributed by atoms with Gasteiger partial charge in [0, 0.05) is 24.0 Å².